The zero-order valence-corrected chi connectivity index (χ0v) is 10.9. The minimum absolute atomic E-state index is 0.585. The predicted octanol–water partition coefficient (Wildman–Crippen LogP) is 3.17. The molecule has 1 saturated carbocycles. The summed E-state index contributed by atoms with van der Waals surface area (Å²) in [6, 6.07) is 4.80. The van der Waals surface area contributed by atoms with Crippen LogP contribution in [0.2, 0.25) is 0 Å². The summed E-state index contributed by atoms with van der Waals surface area (Å²) in [5, 5.41) is 7.94. The van der Waals surface area contributed by atoms with Crippen LogP contribution in [0.3, 0.4) is 0 Å². The van der Waals surface area contributed by atoms with Gasteiger partial charge in [0.25, 0.3) is 0 Å². The van der Waals surface area contributed by atoms with Crippen LogP contribution in [-0.2, 0) is 0 Å². The summed E-state index contributed by atoms with van der Waals surface area (Å²) in [5.41, 5.74) is 2.15. The molecule has 3 rings (SSSR count). The van der Waals surface area contributed by atoms with Crippen LogP contribution in [0.25, 0.3) is 5.65 Å². The Kier molecular flexibility index (Phi) is 3.17. The fourth-order valence-corrected chi connectivity index (χ4v) is 2.79. The SMILES string of the molecule is Cc1cc(NC2CCCCCC2)n2ncnc2c1. The van der Waals surface area contributed by atoms with E-state index in [0.29, 0.717) is 6.04 Å². The Morgan fingerprint density at radius 2 is 1.94 bits per heavy atom. The summed E-state index contributed by atoms with van der Waals surface area (Å²) < 4.78 is 1.90. The number of fused-ring (bicyclic) bond motifs is 1. The molecular formula is C14H20N4. The van der Waals surface area contributed by atoms with Crippen LogP contribution in [-0.4, -0.2) is 20.6 Å². The van der Waals surface area contributed by atoms with E-state index >= 15 is 0 Å². The first kappa shape index (κ1) is 11.5. The van der Waals surface area contributed by atoms with Gasteiger partial charge in [0, 0.05) is 6.04 Å². The molecular weight excluding hydrogens is 224 g/mol. The van der Waals surface area contributed by atoms with Gasteiger partial charge >= 0.3 is 0 Å². The fourth-order valence-electron chi connectivity index (χ4n) is 2.79. The molecule has 0 unspecified atom stereocenters. The average Bonchev–Trinajstić information content (AvgIpc) is 2.66. The normalized spacial score (nSPS) is 17.8. The lowest BCUT2D eigenvalue weighted by Crippen LogP contribution is -2.20. The average molecular weight is 244 g/mol. The van der Waals surface area contributed by atoms with Crippen molar-refractivity contribution in [2.75, 3.05) is 5.32 Å². The largest absolute Gasteiger partial charge is 0.367 e. The zero-order valence-electron chi connectivity index (χ0n) is 10.9. The molecule has 1 aliphatic carbocycles. The minimum atomic E-state index is 0.585. The van der Waals surface area contributed by atoms with Gasteiger partial charge in [0.05, 0.1) is 0 Å². The van der Waals surface area contributed by atoms with Gasteiger partial charge in [-0.3, -0.25) is 0 Å². The highest BCUT2D eigenvalue weighted by molar-refractivity contribution is 5.51. The van der Waals surface area contributed by atoms with Gasteiger partial charge in [0.15, 0.2) is 5.65 Å². The molecule has 2 heterocycles. The van der Waals surface area contributed by atoms with Crippen LogP contribution in [0.15, 0.2) is 18.5 Å². The Labute approximate surface area is 107 Å². The molecule has 2 aromatic heterocycles. The van der Waals surface area contributed by atoms with E-state index in [1.807, 2.05) is 4.52 Å². The maximum Gasteiger partial charge on any atom is 0.157 e. The first-order valence-electron chi connectivity index (χ1n) is 6.90. The van der Waals surface area contributed by atoms with E-state index in [4.69, 9.17) is 0 Å². The third-order valence-electron chi connectivity index (χ3n) is 3.73. The van der Waals surface area contributed by atoms with Gasteiger partial charge in [-0.25, -0.2) is 4.98 Å². The standard InChI is InChI=1S/C14H20N4/c1-11-8-13-15-10-16-18(13)14(9-11)17-12-6-4-2-3-5-7-12/h8-10,12,17H,2-7H2,1H3. The lowest BCUT2D eigenvalue weighted by atomic mass is 10.1. The summed E-state index contributed by atoms with van der Waals surface area (Å²) in [5.74, 6) is 1.08. The van der Waals surface area contributed by atoms with Crippen LogP contribution >= 0.6 is 0 Å². The fraction of sp³-hybridized carbons (Fsp3) is 0.571. The monoisotopic (exact) mass is 244 g/mol. The van der Waals surface area contributed by atoms with Crippen molar-refractivity contribution in [3.8, 4) is 0 Å². The van der Waals surface area contributed by atoms with Gasteiger partial charge in [-0.2, -0.15) is 9.61 Å². The van der Waals surface area contributed by atoms with Crippen molar-refractivity contribution in [3.63, 3.8) is 0 Å². The highest BCUT2D eigenvalue weighted by Gasteiger charge is 2.13. The zero-order chi connectivity index (χ0) is 12.4. The summed E-state index contributed by atoms with van der Waals surface area (Å²) in [6.45, 7) is 2.10. The van der Waals surface area contributed by atoms with E-state index in [0.717, 1.165) is 11.5 Å². The molecule has 1 fully saturated rings. The van der Waals surface area contributed by atoms with Crippen molar-refractivity contribution < 1.29 is 0 Å². The van der Waals surface area contributed by atoms with E-state index in [-0.39, 0.29) is 0 Å². The number of nitrogens with one attached hydrogen (secondary N) is 1. The summed E-state index contributed by atoms with van der Waals surface area (Å²) in [6.07, 6.45) is 9.59. The molecule has 2 aromatic rings. The van der Waals surface area contributed by atoms with Crippen molar-refractivity contribution in [2.24, 2.45) is 0 Å². The Bertz CT molecular complexity index is 524. The molecule has 0 aliphatic heterocycles. The molecule has 1 aliphatic rings. The van der Waals surface area contributed by atoms with Crippen LogP contribution < -0.4 is 5.32 Å². The number of nitrogens with zero attached hydrogens (tertiary/aromatic N) is 3. The third-order valence-corrected chi connectivity index (χ3v) is 3.73. The van der Waals surface area contributed by atoms with Crippen molar-refractivity contribution in [1.29, 1.82) is 0 Å². The number of hydrogen-bond donors (Lipinski definition) is 1. The molecule has 4 heteroatoms. The van der Waals surface area contributed by atoms with Gasteiger partial charge in [-0.15, -0.1) is 0 Å². The van der Waals surface area contributed by atoms with Gasteiger partial charge in [-0.1, -0.05) is 25.7 Å². The molecule has 0 atom stereocenters. The maximum atomic E-state index is 4.29. The number of aryl methyl sites for hydroxylation is 1. The maximum absolute atomic E-state index is 4.29. The minimum Gasteiger partial charge on any atom is -0.367 e. The Hall–Kier alpha value is -1.58. The number of rotatable bonds is 2. The van der Waals surface area contributed by atoms with Crippen LogP contribution in [0.1, 0.15) is 44.1 Å². The van der Waals surface area contributed by atoms with Crippen molar-refractivity contribution in [1.82, 2.24) is 14.6 Å². The van der Waals surface area contributed by atoms with Gasteiger partial charge < -0.3 is 5.32 Å². The third kappa shape index (κ3) is 2.33. The highest BCUT2D eigenvalue weighted by Crippen LogP contribution is 2.22. The van der Waals surface area contributed by atoms with Crippen molar-refractivity contribution in [3.05, 3.63) is 24.0 Å². The summed E-state index contributed by atoms with van der Waals surface area (Å²) >= 11 is 0. The van der Waals surface area contributed by atoms with E-state index < -0.39 is 0 Å². The Balaban J connectivity index is 1.86. The molecule has 0 spiro atoms. The lowest BCUT2D eigenvalue weighted by Gasteiger charge is -2.18. The van der Waals surface area contributed by atoms with Crippen LogP contribution in [0, 0.1) is 6.92 Å². The quantitative estimate of drug-likeness (QED) is 0.825. The molecule has 0 saturated heterocycles. The first-order valence-corrected chi connectivity index (χ1v) is 6.90. The predicted molar refractivity (Wildman–Crippen MR) is 72.8 cm³/mol. The van der Waals surface area contributed by atoms with E-state index in [2.05, 4.69) is 34.5 Å². The second-order valence-corrected chi connectivity index (χ2v) is 5.28. The van der Waals surface area contributed by atoms with Crippen LogP contribution in [0.5, 0.6) is 0 Å². The van der Waals surface area contributed by atoms with Crippen molar-refractivity contribution in [2.45, 2.75) is 51.5 Å². The molecule has 0 bridgehead atoms. The highest BCUT2D eigenvalue weighted by atomic mass is 15.3. The smallest absolute Gasteiger partial charge is 0.157 e. The molecule has 0 radical (unpaired) electrons. The van der Waals surface area contributed by atoms with Crippen LogP contribution in [0.4, 0.5) is 5.82 Å². The molecule has 18 heavy (non-hydrogen) atoms. The lowest BCUT2D eigenvalue weighted by molar-refractivity contribution is 0.615. The number of pyridine rings is 1. The van der Waals surface area contributed by atoms with Crippen molar-refractivity contribution >= 4 is 11.5 Å². The Morgan fingerprint density at radius 1 is 1.17 bits per heavy atom. The number of anilines is 1. The number of hydrogen-bond acceptors (Lipinski definition) is 3. The van der Waals surface area contributed by atoms with E-state index in [1.54, 1.807) is 6.33 Å². The number of aromatic nitrogens is 3. The van der Waals surface area contributed by atoms with Gasteiger partial charge in [0.2, 0.25) is 0 Å². The van der Waals surface area contributed by atoms with Gasteiger partial charge in [-0.05, 0) is 37.5 Å². The second-order valence-electron chi connectivity index (χ2n) is 5.28. The second kappa shape index (κ2) is 4.96. The molecule has 4 nitrogen and oxygen atoms in total. The Morgan fingerprint density at radius 3 is 2.72 bits per heavy atom. The molecule has 1 N–H and O–H groups in total. The molecule has 96 valence electrons. The first-order chi connectivity index (χ1) is 8.83. The van der Waals surface area contributed by atoms with E-state index in [1.165, 1.54) is 44.1 Å². The summed E-state index contributed by atoms with van der Waals surface area (Å²) in [4.78, 5) is 4.26. The topological polar surface area (TPSA) is 42.2 Å². The molecule has 0 aromatic carbocycles. The van der Waals surface area contributed by atoms with Gasteiger partial charge in [0.1, 0.15) is 12.1 Å². The van der Waals surface area contributed by atoms with E-state index in [9.17, 15) is 0 Å². The summed E-state index contributed by atoms with van der Waals surface area (Å²) in [7, 11) is 0. The molecule has 0 amide bonds.